The van der Waals surface area contributed by atoms with Crippen LogP contribution in [0.15, 0.2) is 30.3 Å². The van der Waals surface area contributed by atoms with Crippen LogP contribution < -0.4 is 0 Å². The van der Waals surface area contributed by atoms with E-state index in [9.17, 15) is 9.59 Å². The third-order valence-corrected chi connectivity index (χ3v) is 11.7. The van der Waals surface area contributed by atoms with Crippen molar-refractivity contribution in [1.29, 1.82) is 0 Å². The highest BCUT2D eigenvalue weighted by atomic mass is 16.7. The van der Waals surface area contributed by atoms with Gasteiger partial charge in [0.05, 0.1) is 23.3 Å². The highest BCUT2D eigenvalue weighted by molar-refractivity contribution is 5.95. The molecule has 48 heavy (non-hydrogen) atoms. The van der Waals surface area contributed by atoms with Gasteiger partial charge in [0, 0.05) is 11.1 Å². The third-order valence-electron chi connectivity index (χ3n) is 11.7. The first-order valence-corrected chi connectivity index (χ1v) is 19.0. The number of benzene rings is 1. The number of piperidine rings is 2. The summed E-state index contributed by atoms with van der Waals surface area (Å²) in [5.74, 6) is -2.13. The van der Waals surface area contributed by atoms with Gasteiger partial charge in [-0.25, -0.2) is 0 Å². The SMILES string of the molecule is CC1(C)CCC(OC(=O)C(Cc2ccccc2)C(=O)OC2CCC(C)(C)N(OC3CCCCC3)C2(C)C)C(C)(C)N1OC1CCCCC1. The number of carbonyl (C=O) groups excluding carboxylic acids is 2. The summed E-state index contributed by atoms with van der Waals surface area (Å²) in [6, 6.07) is 9.71. The van der Waals surface area contributed by atoms with Crippen LogP contribution in [0, 0.1) is 5.92 Å². The van der Waals surface area contributed by atoms with Gasteiger partial charge < -0.3 is 9.47 Å². The largest absolute Gasteiger partial charge is 0.460 e. The fourth-order valence-electron chi connectivity index (χ4n) is 8.86. The lowest BCUT2D eigenvalue weighted by molar-refractivity contribution is -0.328. The van der Waals surface area contributed by atoms with Crippen molar-refractivity contribution in [2.75, 3.05) is 0 Å². The lowest BCUT2D eigenvalue weighted by atomic mass is 9.79. The highest BCUT2D eigenvalue weighted by Crippen LogP contribution is 2.44. The van der Waals surface area contributed by atoms with Crippen molar-refractivity contribution in [3.05, 3.63) is 35.9 Å². The Kier molecular flexibility index (Phi) is 11.7. The molecule has 5 rings (SSSR count). The zero-order valence-electron chi connectivity index (χ0n) is 31.2. The highest BCUT2D eigenvalue weighted by Gasteiger charge is 2.53. The van der Waals surface area contributed by atoms with Crippen molar-refractivity contribution in [2.24, 2.45) is 5.92 Å². The minimum absolute atomic E-state index is 0.179. The molecule has 8 nitrogen and oxygen atoms in total. The summed E-state index contributed by atoms with van der Waals surface area (Å²) in [6.07, 6.45) is 14.2. The molecule has 2 saturated carbocycles. The molecule has 0 radical (unpaired) electrons. The van der Waals surface area contributed by atoms with Crippen molar-refractivity contribution in [1.82, 2.24) is 10.1 Å². The Hall–Kier alpha value is -2.00. The minimum Gasteiger partial charge on any atom is -0.460 e. The van der Waals surface area contributed by atoms with Crippen LogP contribution in [0.3, 0.4) is 0 Å². The molecular formula is C40H64N2O6. The van der Waals surface area contributed by atoms with Gasteiger partial charge in [0.1, 0.15) is 12.2 Å². The van der Waals surface area contributed by atoms with E-state index in [-0.39, 0.29) is 29.7 Å². The van der Waals surface area contributed by atoms with Crippen LogP contribution >= 0.6 is 0 Å². The number of carbonyl (C=O) groups is 2. The lowest BCUT2D eigenvalue weighted by Crippen LogP contribution is -2.66. The zero-order chi connectivity index (χ0) is 34.7. The summed E-state index contributed by atoms with van der Waals surface area (Å²) >= 11 is 0. The third kappa shape index (κ3) is 8.47. The molecule has 2 aliphatic carbocycles. The molecule has 2 saturated heterocycles. The maximum absolute atomic E-state index is 14.2. The van der Waals surface area contributed by atoms with Crippen molar-refractivity contribution in [3.8, 4) is 0 Å². The molecule has 0 amide bonds. The molecule has 0 bridgehead atoms. The number of hydrogen-bond donors (Lipinski definition) is 0. The van der Waals surface area contributed by atoms with Gasteiger partial charge in [-0.2, -0.15) is 10.1 Å². The summed E-state index contributed by atoms with van der Waals surface area (Å²) in [6.45, 7) is 17.2. The van der Waals surface area contributed by atoms with Crippen molar-refractivity contribution >= 4 is 11.9 Å². The summed E-state index contributed by atoms with van der Waals surface area (Å²) in [5.41, 5.74) is -0.682. The van der Waals surface area contributed by atoms with Crippen molar-refractivity contribution in [3.63, 3.8) is 0 Å². The van der Waals surface area contributed by atoms with Crippen LogP contribution in [0.1, 0.15) is 151 Å². The Labute approximate surface area is 290 Å². The van der Waals surface area contributed by atoms with Gasteiger partial charge in [0.15, 0.2) is 5.92 Å². The van der Waals surface area contributed by atoms with E-state index in [0.29, 0.717) is 12.8 Å². The quantitative estimate of drug-likeness (QED) is 0.182. The van der Waals surface area contributed by atoms with E-state index in [0.717, 1.165) is 44.1 Å². The Balaban J connectivity index is 1.33. The molecule has 0 N–H and O–H groups in total. The fraction of sp³-hybridized carbons (Fsp3) is 0.800. The molecule has 4 fully saturated rings. The van der Waals surface area contributed by atoms with E-state index in [1.807, 2.05) is 30.3 Å². The van der Waals surface area contributed by atoms with Crippen LogP contribution in [0.25, 0.3) is 0 Å². The average molecular weight is 669 g/mol. The van der Waals surface area contributed by atoms with Crippen LogP contribution in [0.2, 0.25) is 0 Å². The number of ether oxygens (including phenoxy) is 2. The van der Waals surface area contributed by atoms with Crippen LogP contribution in [0.5, 0.6) is 0 Å². The fourth-order valence-corrected chi connectivity index (χ4v) is 8.86. The molecule has 0 spiro atoms. The van der Waals surface area contributed by atoms with Gasteiger partial charge in [-0.05, 0) is 119 Å². The Bertz CT molecular complexity index is 1140. The van der Waals surface area contributed by atoms with Crippen LogP contribution in [-0.2, 0) is 35.2 Å². The number of rotatable bonds is 10. The zero-order valence-corrected chi connectivity index (χ0v) is 31.2. The van der Waals surface area contributed by atoms with Gasteiger partial charge in [0.25, 0.3) is 0 Å². The monoisotopic (exact) mass is 668 g/mol. The molecular weight excluding hydrogens is 604 g/mol. The molecule has 2 atom stereocenters. The van der Waals surface area contributed by atoms with Gasteiger partial charge in [-0.15, -0.1) is 0 Å². The summed E-state index contributed by atoms with van der Waals surface area (Å²) in [4.78, 5) is 41.9. The molecule has 1 aromatic rings. The molecule has 4 aliphatic rings. The summed E-state index contributed by atoms with van der Waals surface area (Å²) in [5, 5.41) is 4.21. The molecule has 1 aromatic carbocycles. The van der Waals surface area contributed by atoms with Gasteiger partial charge in [-0.1, -0.05) is 68.9 Å². The second-order valence-electron chi connectivity index (χ2n) is 17.4. The number of hydrogen-bond acceptors (Lipinski definition) is 8. The molecule has 8 heteroatoms. The van der Waals surface area contributed by atoms with E-state index >= 15 is 0 Å². The maximum Gasteiger partial charge on any atom is 0.321 e. The van der Waals surface area contributed by atoms with E-state index < -0.39 is 41.1 Å². The standard InChI is InChI=1S/C40H64N2O6/c1-37(2)26-24-33(39(5,6)41(37)47-30-20-14-10-15-21-30)45-35(43)32(28-29-18-12-9-13-19-29)36(44)46-34-25-27-38(3,4)42(40(34,7)8)48-31-22-16-11-17-23-31/h9,12-13,18-19,30-34H,10-11,14-17,20-28H2,1-8H3. The second kappa shape index (κ2) is 15.1. The number of hydroxylamine groups is 4. The predicted molar refractivity (Wildman–Crippen MR) is 188 cm³/mol. The first-order chi connectivity index (χ1) is 22.6. The molecule has 2 aliphatic heterocycles. The Morgan fingerprint density at radius 1 is 0.625 bits per heavy atom. The van der Waals surface area contributed by atoms with Gasteiger partial charge in [0.2, 0.25) is 0 Å². The Morgan fingerprint density at radius 2 is 1.02 bits per heavy atom. The predicted octanol–water partition coefficient (Wildman–Crippen LogP) is 8.50. The van der Waals surface area contributed by atoms with Crippen molar-refractivity contribution < 1.29 is 28.7 Å². The van der Waals surface area contributed by atoms with Gasteiger partial charge in [-0.3, -0.25) is 19.3 Å². The molecule has 2 unspecified atom stereocenters. The lowest BCUT2D eigenvalue weighted by Gasteiger charge is -2.55. The van der Waals surface area contributed by atoms with E-state index in [2.05, 4.69) is 65.5 Å². The van der Waals surface area contributed by atoms with Crippen LogP contribution in [-0.4, -0.2) is 68.6 Å². The maximum atomic E-state index is 14.2. The topological polar surface area (TPSA) is 77.5 Å². The first kappa shape index (κ1) is 37.3. The summed E-state index contributed by atoms with van der Waals surface area (Å²) < 4.78 is 12.7. The summed E-state index contributed by atoms with van der Waals surface area (Å²) in [7, 11) is 0. The average Bonchev–Trinajstić information content (AvgIpc) is 3.04. The minimum atomic E-state index is -1.08. The van der Waals surface area contributed by atoms with Gasteiger partial charge >= 0.3 is 11.9 Å². The van der Waals surface area contributed by atoms with E-state index in [1.54, 1.807) is 0 Å². The molecule has 2 heterocycles. The normalized spacial score (nSPS) is 28.8. The van der Waals surface area contributed by atoms with Crippen molar-refractivity contribution in [2.45, 2.75) is 198 Å². The number of nitrogens with zero attached hydrogens (tertiary/aromatic N) is 2. The first-order valence-electron chi connectivity index (χ1n) is 19.0. The Morgan fingerprint density at radius 3 is 1.42 bits per heavy atom. The smallest absolute Gasteiger partial charge is 0.321 e. The molecule has 270 valence electrons. The number of esters is 2. The van der Waals surface area contributed by atoms with E-state index in [4.69, 9.17) is 19.1 Å². The van der Waals surface area contributed by atoms with Crippen LogP contribution in [0.4, 0.5) is 0 Å². The van der Waals surface area contributed by atoms with E-state index in [1.165, 1.54) is 38.5 Å². The second-order valence-corrected chi connectivity index (χ2v) is 17.4. The molecule has 0 aromatic heterocycles.